The van der Waals surface area contributed by atoms with Crippen molar-refractivity contribution in [2.24, 2.45) is 0 Å². The molecule has 0 radical (unpaired) electrons. The van der Waals surface area contributed by atoms with Crippen molar-refractivity contribution < 1.29 is 23.8 Å². The quantitative estimate of drug-likeness (QED) is 0.747. The Kier molecular flexibility index (Phi) is 5.76. The fourth-order valence-electron chi connectivity index (χ4n) is 1.63. The Morgan fingerprint density at radius 2 is 2.15 bits per heavy atom. The third-order valence-corrected chi connectivity index (χ3v) is 2.59. The molecule has 0 saturated carbocycles. The van der Waals surface area contributed by atoms with Crippen molar-refractivity contribution in [2.75, 3.05) is 12.4 Å². The van der Waals surface area contributed by atoms with E-state index in [2.05, 4.69) is 10.6 Å². The molecule has 1 aromatic carbocycles. The number of carboxylic acids is 1. The first-order chi connectivity index (χ1) is 9.47. The number of urea groups is 1. The van der Waals surface area contributed by atoms with E-state index in [1.807, 2.05) is 6.92 Å². The number of carboxylic acid groups (broad SMARTS) is 1. The number of carbonyl (C=O) groups is 2. The van der Waals surface area contributed by atoms with Crippen LogP contribution in [-0.4, -0.2) is 30.3 Å². The van der Waals surface area contributed by atoms with Crippen LogP contribution in [0, 0.1) is 5.82 Å². The van der Waals surface area contributed by atoms with Gasteiger partial charge in [0.2, 0.25) is 0 Å². The van der Waals surface area contributed by atoms with Crippen molar-refractivity contribution in [3.05, 3.63) is 24.0 Å². The summed E-state index contributed by atoms with van der Waals surface area (Å²) in [7, 11) is 1.34. The first-order valence-corrected chi connectivity index (χ1v) is 6.11. The number of benzene rings is 1. The van der Waals surface area contributed by atoms with Crippen LogP contribution in [0.15, 0.2) is 18.2 Å². The number of anilines is 1. The third kappa shape index (κ3) is 4.42. The van der Waals surface area contributed by atoms with Crippen molar-refractivity contribution in [3.8, 4) is 5.75 Å². The highest BCUT2D eigenvalue weighted by molar-refractivity contribution is 5.93. The predicted molar refractivity (Wildman–Crippen MR) is 71.4 cm³/mol. The van der Waals surface area contributed by atoms with Crippen LogP contribution in [-0.2, 0) is 4.79 Å². The summed E-state index contributed by atoms with van der Waals surface area (Å²) >= 11 is 0. The lowest BCUT2D eigenvalue weighted by Crippen LogP contribution is -2.42. The van der Waals surface area contributed by atoms with Gasteiger partial charge in [0.05, 0.1) is 12.8 Å². The van der Waals surface area contributed by atoms with Crippen LogP contribution in [0.2, 0.25) is 0 Å². The van der Waals surface area contributed by atoms with Gasteiger partial charge in [-0.3, -0.25) is 0 Å². The number of ether oxygens (including phenoxy) is 1. The lowest BCUT2D eigenvalue weighted by molar-refractivity contribution is -0.139. The number of hydrogen-bond donors (Lipinski definition) is 3. The molecule has 0 bridgehead atoms. The Balaban J connectivity index is 2.73. The fraction of sp³-hybridized carbons (Fsp3) is 0.385. The number of aliphatic carboxylic acids is 1. The number of amides is 2. The van der Waals surface area contributed by atoms with Crippen molar-refractivity contribution >= 4 is 17.7 Å². The number of rotatable bonds is 6. The number of carbonyl (C=O) groups excluding carboxylic acids is 1. The summed E-state index contributed by atoms with van der Waals surface area (Å²) in [6, 6.07) is 1.97. The molecule has 0 aliphatic carbocycles. The van der Waals surface area contributed by atoms with Gasteiger partial charge in [0.25, 0.3) is 0 Å². The van der Waals surface area contributed by atoms with E-state index in [1.54, 1.807) is 0 Å². The van der Waals surface area contributed by atoms with Crippen LogP contribution in [0.3, 0.4) is 0 Å². The minimum atomic E-state index is -1.10. The Hall–Kier alpha value is -2.31. The molecule has 110 valence electrons. The summed E-state index contributed by atoms with van der Waals surface area (Å²) in [6.45, 7) is 1.82. The highest BCUT2D eigenvalue weighted by Gasteiger charge is 2.19. The molecule has 3 N–H and O–H groups in total. The summed E-state index contributed by atoms with van der Waals surface area (Å²) in [5.41, 5.74) is 0.257. The molecule has 0 aliphatic heterocycles. The van der Waals surface area contributed by atoms with E-state index in [0.717, 1.165) is 6.07 Å². The zero-order valence-corrected chi connectivity index (χ0v) is 11.3. The molecule has 0 spiro atoms. The highest BCUT2D eigenvalue weighted by Crippen LogP contribution is 2.24. The minimum Gasteiger partial charge on any atom is -0.494 e. The van der Waals surface area contributed by atoms with E-state index >= 15 is 0 Å². The molecule has 1 rings (SSSR count). The normalized spacial score (nSPS) is 11.6. The monoisotopic (exact) mass is 284 g/mol. The lowest BCUT2D eigenvalue weighted by atomic mass is 10.2. The zero-order valence-electron chi connectivity index (χ0n) is 11.3. The summed E-state index contributed by atoms with van der Waals surface area (Å²) in [4.78, 5) is 22.6. The third-order valence-electron chi connectivity index (χ3n) is 2.59. The molecule has 2 amide bonds. The van der Waals surface area contributed by atoms with E-state index in [9.17, 15) is 14.0 Å². The second-order valence-electron chi connectivity index (χ2n) is 4.12. The Morgan fingerprint density at radius 1 is 1.45 bits per heavy atom. The molecule has 0 saturated heterocycles. The maximum absolute atomic E-state index is 13.0. The predicted octanol–water partition coefficient (Wildman–Crippen LogP) is 2.21. The molecule has 1 aromatic rings. The van der Waals surface area contributed by atoms with Gasteiger partial charge in [0.15, 0.2) is 0 Å². The average Bonchev–Trinajstić information content (AvgIpc) is 2.40. The average molecular weight is 284 g/mol. The standard InChI is InChI=1S/C13H17FN2O4/c1-3-4-10(12(17)18)16-13(19)15-9-6-5-8(14)7-11(9)20-2/h5-7,10H,3-4H2,1-2H3,(H,17,18)(H2,15,16,19)/t10-/m1/s1. The topological polar surface area (TPSA) is 87.7 Å². The van der Waals surface area contributed by atoms with Gasteiger partial charge in [0, 0.05) is 6.07 Å². The maximum Gasteiger partial charge on any atom is 0.326 e. The Morgan fingerprint density at radius 3 is 2.70 bits per heavy atom. The fourth-order valence-corrected chi connectivity index (χ4v) is 1.63. The molecular weight excluding hydrogens is 267 g/mol. The second-order valence-corrected chi connectivity index (χ2v) is 4.12. The minimum absolute atomic E-state index is 0.155. The summed E-state index contributed by atoms with van der Waals surface area (Å²) < 4.78 is 17.9. The number of nitrogens with one attached hydrogen (secondary N) is 2. The van der Waals surface area contributed by atoms with Gasteiger partial charge in [-0.05, 0) is 18.6 Å². The first-order valence-electron chi connectivity index (χ1n) is 6.11. The van der Waals surface area contributed by atoms with Gasteiger partial charge in [-0.25, -0.2) is 14.0 Å². The van der Waals surface area contributed by atoms with E-state index in [4.69, 9.17) is 9.84 Å². The first kappa shape index (κ1) is 15.7. The second kappa shape index (κ2) is 7.32. The van der Waals surface area contributed by atoms with E-state index < -0.39 is 23.9 Å². The Labute approximate surface area is 115 Å². The summed E-state index contributed by atoms with van der Waals surface area (Å²) in [5.74, 6) is -1.45. The maximum atomic E-state index is 13.0. The van der Waals surface area contributed by atoms with Crippen LogP contribution >= 0.6 is 0 Å². The van der Waals surface area contributed by atoms with E-state index in [-0.39, 0.29) is 11.4 Å². The molecule has 7 heteroatoms. The zero-order chi connectivity index (χ0) is 15.1. The van der Waals surface area contributed by atoms with Crippen molar-refractivity contribution in [3.63, 3.8) is 0 Å². The molecule has 0 aromatic heterocycles. The number of methoxy groups -OCH3 is 1. The molecular formula is C13H17FN2O4. The highest BCUT2D eigenvalue weighted by atomic mass is 19.1. The SMILES string of the molecule is CCC[C@@H](NC(=O)Nc1ccc(F)cc1OC)C(=O)O. The van der Waals surface area contributed by atoms with Crippen molar-refractivity contribution in [1.29, 1.82) is 0 Å². The van der Waals surface area contributed by atoms with Crippen LogP contribution < -0.4 is 15.4 Å². The molecule has 0 fully saturated rings. The van der Waals surface area contributed by atoms with Crippen LogP contribution in [0.25, 0.3) is 0 Å². The van der Waals surface area contributed by atoms with Crippen LogP contribution in [0.4, 0.5) is 14.9 Å². The molecule has 0 aliphatic rings. The van der Waals surface area contributed by atoms with Gasteiger partial charge >= 0.3 is 12.0 Å². The van der Waals surface area contributed by atoms with Gasteiger partial charge in [-0.15, -0.1) is 0 Å². The Bertz CT molecular complexity index is 493. The smallest absolute Gasteiger partial charge is 0.326 e. The number of hydrogen-bond acceptors (Lipinski definition) is 3. The summed E-state index contributed by atoms with van der Waals surface area (Å²) in [6.07, 6.45) is 0.945. The largest absolute Gasteiger partial charge is 0.494 e. The molecule has 0 heterocycles. The molecule has 20 heavy (non-hydrogen) atoms. The molecule has 0 unspecified atom stereocenters. The number of halogens is 1. The molecule has 6 nitrogen and oxygen atoms in total. The van der Waals surface area contributed by atoms with Crippen molar-refractivity contribution in [1.82, 2.24) is 5.32 Å². The van der Waals surface area contributed by atoms with E-state index in [1.165, 1.54) is 19.2 Å². The van der Waals surface area contributed by atoms with Crippen LogP contribution in [0.5, 0.6) is 5.75 Å². The van der Waals surface area contributed by atoms with Gasteiger partial charge < -0.3 is 20.5 Å². The van der Waals surface area contributed by atoms with Gasteiger partial charge in [-0.2, -0.15) is 0 Å². The lowest BCUT2D eigenvalue weighted by Gasteiger charge is -2.15. The van der Waals surface area contributed by atoms with Gasteiger partial charge in [0.1, 0.15) is 17.6 Å². The summed E-state index contributed by atoms with van der Waals surface area (Å²) in [5, 5.41) is 13.7. The van der Waals surface area contributed by atoms with E-state index in [0.29, 0.717) is 12.8 Å². The van der Waals surface area contributed by atoms with Crippen LogP contribution in [0.1, 0.15) is 19.8 Å². The van der Waals surface area contributed by atoms with Gasteiger partial charge in [-0.1, -0.05) is 13.3 Å². The molecule has 1 atom stereocenters. The van der Waals surface area contributed by atoms with Crippen molar-refractivity contribution in [2.45, 2.75) is 25.8 Å².